The molecule has 1 heterocycles. The van der Waals surface area contributed by atoms with Crippen LogP contribution in [0.2, 0.25) is 10.0 Å². The summed E-state index contributed by atoms with van der Waals surface area (Å²) in [5, 5.41) is 1.13. The number of benzene rings is 1. The molecule has 1 atom stereocenters. The molecule has 0 saturated heterocycles. The molecule has 5 heteroatoms. The Bertz CT molecular complexity index is 560. The van der Waals surface area contributed by atoms with Gasteiger partial charge >= 0.3 is 0 Å². The van der Waals surface area contributed by atoms with Crippen LogP contribution in [0.1, 0.15) is 17.2 Å². The van der Waals surface area contributed by atoms with Gasteiger partial charge in [-0.3, -0.25) is 9.88 Å². The van der Waals surface area contributed by atoms with Crippen LogP contribution in [0.3, 0.4) is 0 Å². The van der Waals surface area contributed by atoms with Crippen molar-refractivity contribution >= 4 is 23.2 Å². The Kier molecular flexibility index (Phi) is 5.38. The van der Waals surface area contributed by atoms with Crippen LogP contribution < -0.4 is 5.73 Å². The molecule has 0 radical (unpaired) electrons. The summed E-state index contributed by atoms with van der Waals surface area (Å²) in [6, 6.07) is 9.61. The maximum Gasteiger partial charge on any atom is 0.0640 e. The Morgan fingerprint density at radius 2 is 2.05 bits per heavy atom. The monoisotopic (exact) mass is 309 g/mol. The number of hydrogen-bond acceptors (Lipinski definition) is 3. The van der Waals surface area contributed by atoms with E-state index in [2.05, 4.69) is 9.88 Å². The maximum absolute atomic E-state index is 6.29. The van der Waals surface area contributed by atoms with Gasteiger partial charge in [-0.15, -0.1) is 0 Å². The summed E-state index contributed by atoms with van der Waals surface area (Å²) in [4.78, 5) is 6.27. The van der Waals surface area contributed by atoms with Crippen molar-refractivity contribution in [1.29, 1.82) is 0 Å². The van der Waals surface area contributed by atoms with Crippen molar-refractivity contribution in [2.75, 3.05) is 13.6 Å². The number of likely N-dealkylation sites (N-methyl/N-ethyl adjacent to an activating group) is 1. The molecule has 0 aliphatic heterocycles. The van der Waals surface area contributed by atoms with E-state index in [-0.39, 0.29) is 6.04 Å². The molecule has 0 bridgehead atoms. The average Bonchev–Trinajstić information content (AvgIpc) is 2.45. The Hall–Kier alpha value is -1.13. The second kappa shape index (κ2) is 7.04. The van der Waals surface area contributed by atoms with Crippen LogP contribution in [0, 0.1) is 0 Å². The Morgan fingerprint density at radius 1 is 1.25 bits per heavy atom. The first-order chi connectivity index (χ1) is 9.63. The summed E-state index contributed by atoms with van der Waals surface area (Å²) in [6.07, 6.45) is 3.61. The molecule has 1 aromatic carbocycles. The predicted octanol–water partition coefficient (Wildman–Crippen LogP) is 3.52. The molecule has 106 valence electrons. The fourth-order valence-corrected chi connectivity index (χ4v) is 2.65. The zero-order valence-electron chi connectivity index (χ0n) is 11.3. The second-order valence-corrected chi connectivity index (χ2v) is 5.46. The van der Waals surface area contributed by atoms with E-state index >= 15 is 0 Å². The van der Waals surface area contributed by atoms with Crippen molar-refractivity contribution in [2.45, 2.75) is 12.6 Å². The van der Waals surface area contributed by atoms with Gasteiger partial charge in [-0.05, 0) is 30.3 Å². The number of pyridine rings is 1. The summed E-state index contributed by atoms with van der Waals surface area (Å²) < 4.78 is 0. The molecule has 2 aromatic rings. The van der Waals surface area contributed by atoms with Crippen molar-refractivity contribution in [1.82, 2.24) is 9.88 Å². The first-order valence-corrected chi connectivity index (χ1v) is 7.12. The van der Waals surface area contributed by atoms with Crippen LogP contribution in [0.15, 0.2) is 42.7 Å². The lowest BCUT2D eigenvalue weighted by atomic mass is 10.1. The number of hydrogen-bond donors (Lipinski definition) is 1. The minimum atomic E-state index is 0.0152. The standard InChI is InChI=1S/C15H17Cl2N3/c1-20(10-11-4-3-7-19-9-11)14(8-18)12-5-2-6-13(16)15(12)17/h2-7,9,14H,8,10,18H2,1H3. The topological polar surface area (TPSA) is 42.2 Å². The zero-order chi connectivity index (χ0) is 14.5. The van der Waals surface area contributed by atoms with Gasteiger partial charge in [-0.2, -0.15) is 0 Å². The summed E-state index contributed by atoms with van der Waals surface area (Å²) in [6.45, 7) is 1.22. The predicted molar refractivity (Wildman–Crippen MR) is 84.0 cm³/mol. The van der Waals surface area contributed by atoms with E-state index in [0.29, 0.717) is 16.6 Å². The van der Waals surface area contributed by atoms with E-state index in [0.717, 1.165) is 17.7 Å². The normalized spacial score (nSPS) is 12.7. The molecule has 2 rings (SSSR count). The van der Waals surface area contributed by atoms with Crippen LogP contribution >= 0.6 is 23.2 Å². The quantitative estimate of drug-likeness (QED) is 0.919. The van der Waals surface area contributed by atoms with Crippen LogP contribution in [0.25, 0.3) is 0 Å². The van der Waals surface area contributed by atoms with Crippen molar-refractivity contribution < 1.29 is 0 Å². The Morgan fingerprint density at radius 3 is 2.70 bits per heavy atom. The highest BCUT2D eigenvalue weighted by Crippen LogP contribution is 2.32. The van der Waals surface area contributed by atoms with Gasteiger partial charge in [-0.25, -0.2) is 0 Å². The summed E-state index contributed by atoms with van der Waals surface area (Å²) in [5.74, 6) is 0. The molecular weight excluding hydrogens is 293 g/mol. The molecule has 1 aromatic heterocycles. The fourth-order valence-electron chi connectivity index (χ4n) is 2.21. The molecule has 0 amide bonds. The van der Waals surface area contributed by atoms with E-state index in [1.165, 1.54) is 0 Å². The first kappa shape index (κ1) is 15.3. The highest BCUT2D eigenvalue weighted by molar-refractivity contribution is 6.42. The van der Waals surface area contributed by atoms with Gasteiger partial charge in [0, 0.05) is 31.5 Å². The maximum atomic E-state index is 6.29. The van der Waals surface area contributed by atoms with Crippen molar-refractivity contribution in [3.8, 4) is 0 Å². The third-order valence-electron chi connectivity index (χ3n) is 3.25. The lowest BCUT2D eigenvalue weighted by Crippen LogP contribution is -2.30. The number of aromatic nitrogens is 1. The molecule has 0 aliphatic carbocycles. The van der Waals surface area contributed by atoms with Crippen LogP contribution in [-0.4, -0.2) is 23.5 Å². The molecule has 0 fully saturated rings. The van der Waals surface area contributed by atoms with E-state index in [9.17, 15) is 0 Å². The van der Waals surface area contributed by atoms with Gasteiger partial charge < -0.3 is 5.73 Å². The Labute approximate surface area is 129 Å². The fraction of sp³-hybridized carbons (Fsp3) is 0.267. The van der Waals surface area contributed by atoms with Gasteiger partial charge in [0.05, 0.1) is 10.0 Å². The highest BCUT2D eigenvalue weighted by atomic mass is 35.5. The van der Waals surface area contributed by atoms with Crippen LogP contribution in [0.5, 0.6) is 0 Å². The van der Waals surface area contributed by atoms with Gasteiger partial charge in [0.25, 0.3) is 0 Å². The smallest absolute Gasteiger partial charge is 0.0640 e. The third kappa shape index (κ3) is 3.49. The second-order valence-electron chi connectivity index (χ2n) is 4.67. The van der Waals surface area contributed by atoms with E-state index < -0.39 is 0 Å². The van der Waals surface area contributed by atoms with E-state index in [1.807, 2.05) is 37.5 Å². The summed E-state index contributed by atoms with van der Waals surface area (Å²) >= 11 is 12.4. The van der Waals surface area contributed by atoms with Crippen molar-refractivity contribution in [3.63, 3.8) is 0 Å². The zero-order valence-corrected chi connectivity index (χ0v) is 12.8. The van der Waals surface area contributed by atoms with Crippen molar-refractivity contribution in [3.05, 3.63) is 63.9 Å². The molecule has 0 spiro atoms. The number of nitrogens with zero attached hydrogens (tertiary/aromatic N) is 2. The van der Waals surface area contributed by atoms with E-state index in [4.69, 9.17) is 28.9 Å². The molecule has 2 N–H and O–H groups in total. The number of halogens is 2. The lowest BCUT2D eigenvalue weighted by Gasteiger charge is -2.28. The van der Waals surface area contributed by atoms with Gasteiger partial charge in [0.15, 0.2) is 0 Å². The average molecular weight is 310 g/mol. The molecule has 0 aliphatic rings. The number of rotatable bonds is 5. The minimum Gasteiger partial charge on any atom is -0.329 e. The van der Waals surface area contributed by atoms with Crippen molar-refractivity contribution in [2.24, 2.45) is 5.73 Å². The minimum absolute atomic E-state index is 0.0152. The van der Waals surface area contributed by atoms with Crippen LogP contribution in [-0.2, 0) is 6.54 Å². The highest BCUT2D eigenvalue weighted by Gasteiger charge is 2.19. The lowest BCUT2D eigenvalue weighted by molar-refractivity contribution is 0.241. The van der Waals surface area contributed by atoms with Gasteiger partial charge in [0.2, 0.25) is 0 Å². The molecule has 0 saturated carbocycles. The third-order valence-corrected chi connectivity index (χ3v) is 4.08. The molecule has 20 heavy (non-hydrogen) atoms. The molecular formula is C15H17Cl2N3. The summed E-state index contributed by atoms with van der Waals surface area (Å²) in [5.41, 5.74) is 8.00. The largest absolute Gasteiger partial charge is 0.329 e. The van der Waals surface area contributed by atoms with E-state index in [1.54, 1.807) is 12.3 Å². The molecule has 3 nitrogen and oxygen atoms in total. The van der Waals surface area contributed by atoms with Gasteiger partial charge in [0.1, 0.15) is 0 Å². The van der Waals surface area contributed by atoms with Crippen LogP contribution in [0.4, 0.5) is 0 Å². The summed E-state index contributed by atoms with van der Waals surface area (Å²) in [7, 11) is 2.02. The molecule has 1 unspecified atom stereocenters. The van der Waals surface area contributed by atoms with Gasteiger partial charge in [-0.1, -0.05) is 41.4 Å². The Balaban J connectivity index is 2.21. The SMILES string of the molecule is CN(Cc1cccnc1)C(CN)c1cccc(Cl)c1Cl. The number of nitrogens with two attached hydrogens (primary N) is 1. The first-order valence-electron chi connectivity index (χ1n) is 6.36.